The lowest BCUT2D eigenvalue weighted by molar-refractivity contribution is 0.501. The van der Waals surface area contributed by atoms with Gasteiger partial charge in [-0.05, 0) is 31.5 Å². The Kier molecular flexibility index (Phi) is 4.98. The molecule has 0 saturated heterocycles. The minimum absolute atomic E-state index is 0.0734. The van der Waals surface area contributed by atoms with Crippen molar-refractivity contribution in [1.29, 1.82) is 0 Å². The maximum atomic E-state index is 11.1. The number of hydrogen-bond acceptors (Lipinski definition) is 3. The van der Waals surface area contributed by atoms with Gasteiger partial charge in [0.05, 0.1) is 5.75 Å². The van der Waals surface area contributed by atoms with Gasteiger partial charge in [-0.2, -0.15) is 0 Å². The predicted octanol–water partition coefficient (Wildman–Crippen LogP) is 2.42. The highest BCUT2D eigenvalue weighted by atomic mass is 35.5. The summed E-state index contributed by atoms with van der Waals surface area (Å²) in [5.41, 5.74) is 1.09. The summed E-state index contributed by atoms with van der Waals surface area (Å²) in [6.45, 7) is 3.87. The van der Waals surface area contributed by atoms with Gasteiger partial charge in [-0.1, -0.05) is 23.7 Å². The highest BCUT2D eigenvalue weighted by molar-refractivity contribution is 7.90. The second-order valence-electron chi connectivity index (χ2n) is 4.43. The molecular weight excluding hydrogens is 258 g/mol. The van der Waals surface area contributed by atoms with Gasteiger partial charge >= 0.3 is 0 Å². The average molecular weight is 276 g/mol. The first-order valence-electron chi connectivity index (χ1n) is 5.47. The summed E-state index contributed by atoms with van der Waals surface area (Å²) < 4.78 is 22.3. The van der Waals surface area contributed by atoms with E-state index in [0.717, 1.165) is 5.56 Å². The molecule has 17 heavy (non-hydrogen) atoms. The first-order chi connectivity index (χ1) is 7.78. The second kappa shape index (κ2) is 5.85. The lowest BCUT2D eigenvalue weighted by Gasteiger charge is -2.19. The van der Waals surface area contributed by atoms with Crippen LogP contribution in [-0.2, 0) is 9.84 Å². The Balaban J connectivity index is 2.60. The Hall–Kier alpha value is -0.580. The van der Waals surface area contributed by atoms with Crippen molar-refractivity contribution in [2.45, 2.75) is 25.9 Å². The van der Waals surface area contributed by atoms with Crippen molar-refractivity contribution in [2.75, 3.05) is 12.0 Å². The smallest absolute Gasteiger partial charge is 0.148 e. The summed E-state index contributed by atoms with van der Waals surface area (Å²) in [5.74, 6) is 0.144. The molecule has 1 aromatic carbocycles. The van der Waals surface area contributed by atoms with Crippen LogP contribution >= 0.6 is 11.6 Å². The normalized spacial score (nSPS) is 15.5. The third-order valence-electron chi connectivity index (χ3n) is 2.46. The van der Waals surface area contributed by atoms with E-state index >= 15 is 0 Å². The number of benzene rings is 1. The predicted molar refractivity (Wildman–Crippen MR) is 72.2 cm³/mol. The zero-order chi connectivity index (χ0) is 13.1. The van der Waals surface area contributed by atoms with Crippen molar-refractivity contribution in [3.63, 3.8) is 0 Å². The van der Waals surface area contributed by atoms with Crippen molar-refractivity contribution < 1.29 is 8.42 Å². The Bertz CT molecular complexity index is 456. The molecule has 0 amide bonds. The molecule has 0 bridgehead atoms. The molecule has 0 saturated carbocycles. The lowest BCUT2D eigenvalue weighted by Crippen LogP contribution is -2.34. The number of nitrogens with one attached hydrogen (secondary N) is 1. The molecule has 1 N–H and O–H groups in total. The van der Waals surface area contributed by atoms with Gasteiger partial charge < -0.3 is 5.32 Å². The highest BCUT2D eigenvalue weighted by Crippen LogP contribution is 2.16. The van der Waals surface area contributed by atoms with Gasteiger partial charge in [-0.15, -0.1) is 0 Å². The van der Waals surface area contributed by atoms with Crippen LogP contribution in [0, 0.1) is 0 Å². The molecule has 0 aliphatic rings. The van der Waals surface area contributed by atoms with Crippen molar-refractivity contribution in [1.82, 2.24) is 5.32 Å². The van der Waals surface area contributed by atoms with Gasteiger partial charge in [0.2, 0.25) is 0 Å². The molecule has 0 heterocycles. The maximum Gasteiger partial charge on any atom is 0.148 e. The van der Waals surface area contributed by atoms with Crippen LogP contribution in [-0.4, -0.2) is 26.5 Å². The molecule has 0 aromatic heterocycles. The summed E-state index contributed by atoms with van der Waals surface area (Å²) >= 11 is 5.81. The van der Waals surface area contributed by atoms with Gasteiger partial charge in [0.25, 0.3) is 0 Å². The molecule has 0 aliphatic heterocycles. The van der Waals surface area contributed by atoms with Crippen LogP contribution in [0.25, 0.3) is 0 Å². The third-order valence-corrected chi connectivity index (χ3v) is 3.81. The van der Waals surface area contributed by atoms with Crippen LogP contribution in [0.1, 0.15) is 25.5 Å². The first kappa shape index (κ1) is 14.5. The van der Waals surface area contributed by atoms with Crippen molar-refractivity contribution in [3.05, 3.63) is 34.9 Å². The summed E-state index contributed by atoms with van der Waals surface area (Å²) in [6, 6.07) is 7.56. The van der Waals surface area contributed by atoms with Gasteiger partial charge in [0.1, 0.15) is 9.84 Å². The van der Waals surface area contributed by atoms with Crippen LogP contribution < -0.4 is 5.32 Å². The molecule has 1 aromatic rings. The Morgan fingerprint density at radius 3 is 2.24 bits per heavy atom. The SMILES string of the molecule is CC(CS(C)(=O)=O)N[C@@H](C)c1ccc(Cl)cc1. The van der Waals surface area contributed by atoms with Crippen molar-refractivity contribution in [3.8, 4) is 0 Å². The van der Waals surface area contributed by atoms with Gasteiger partial charge in [0.15, 0.2) is 0 Å². The van der Waals surface area contributed by atoms with Crippen LogP contribution in [0.5, 0.6) is 0 Å². The van der Waals surface area contributed by atoms with E-state index < -0.39 is 9.84 Å². The van der Waals surface area contributed by atoms with E-state index in [1.807, 2.05) is 38.1 Å². The van der Waals surface area contributed by atoms with Crippen LogP contribution in [0.4, 0.5) is 0 Å². The second-order valence-corrected chi connectivity index (χ2v) is 7.05. The Morgan fingerprint density at radius 1 is 1.24 bits per heavy atom. The summed E-state index contributed by atoms with van der Waals surface area (Å²) in [7, 11) is -2.94. The van der Waals surface area contributed by atoms with E-state index in [1.54, 1.807) is 0 Å². The monoisotopic (exact) mass is 275 g/mol. The zero-order valence-corrected chi connectivity index (χ0v) is 11.8. The third kappa shape index (κ3) is 5.52. The zero-order valence-electron chi connectivity index (χ0n) is 10.3. The summed E-state index contributed by atoms with van der Waals surface area (Å²) in [6.07, 6.45) is 1.25. The van der Waals surface area contributed by atoms with Gasteiger partial charge in [-0.3, -0.25) is 0 Å². The fourth-order valence-corrected chi connectivity index (χ4v) is 2.91. The minimum atomic E-state index is -2.94. The molecule has 3 nitrogen and oxygen atoms in total. The van der Waals surface area contributed by atoms with E-state index in [4.69, 9.17) is 11.6 Å². The minimum Gasteiger partial charge on any atom is -0.307 e. The molecule has 5 heteroatoms. The van der Waals surface area contributed by atoms with Crippen molar-refractivity contribution >= 4 is 21.4 Å². The van der Waals surface area contributed by atoms with E-state index in [9.17, 15) is 8.42 Å². The van der Waals surface area contributed by atoms with Crippen LogP contribution in [0.3, 0.4) is 0 Å². The van der Waals surface area contributed by atoms with Crippen LogP contribution in [0.15, 0.2) is 24.3 Å². The lowest BCUT2D eigenvalue weighted by atomic mass is 10.1. The standard InChI is InChI=1S/C12H18ClNO2S/c1-9(8-17(3,15)16)14-10(2)11-4-6-12(13)7-5-11/h4-7,9-10,14H,8H2,1-3H3/t9?,10-/m0/s1. The van der Waals surface area contributed by atoms with Gasteiger partial charge in [-0.25, -0.2) is 8.42 Å². The average Bonchev–Trinajstić information content (AvgIpc) is 2.15. The number of sulfone groups is 1. The van der Waals surface area contributed by atoms with E-state index in [1.165, 1.54) is 6.26 Å². The molecule has 1 unspecified atom stereocenters. The quantitative estimate of drug-likeness (QED) is 0.898. The fourth-order valence-electron chi connectivity index (χ4n) is 1.78. The van der Waals surface area contributed by atoms with E-state index in [0.29, 0.717) is 5.02 Å². The Labute approximate surface area is 108 Å². The van der Waals surface area contributed by atoms with Crippen molar-refractivity contribution in [2.24, 2.45) is 0 Å². The number of halogens is 1. The van der Waals surface area contributed by atoms with Gasteiger partial charge in [0, 0.05) is 23.4 Å². The molecule has 0 radical (unpaired) electrons. The maximum absolute atomic E-state index is 11.1. The molecule has 0 aliphatic carbocycles. The van der Waals surface area contributed by atoms with E-state index in [-0.39, 0.29) is 17.8 Å². The number of rotatable bonds is 5. The molecule has 0 spiro atoms. The summed E-state index contributed by atoms with van der Waals surface area (Å²) in [4.78, 5) is 0. The topological polar surface area (TPSA) is 46.2 Å². The molecule has 0 fully saturated rings. The fraction of sp³-hybridized carbons (Fsp3) is 0.500. The van der Waals surface area contributed by atoms with E-state index in [2.05, 4.69) is 5.32 Å². The molecule has 2 atom stereocenters. The highest BCUT2D eigenvalue weighted by Gasteiger charge is 2.13. The first-order valence-corrected chi connectivity index (χ1v) is 7.91. The largest absolute Gasteiger partial charge is 0.307 e. The summed E-state index contributed by atoms with van der Waals surface area (Å²) in [5, 5.41) is 3.95. The number of hydrogen-bond donors (Lipinski definition) is 1. The molecule has 1 rings (SSSR count). The van der Waals surface area contributed by atoms with Crippen LogP contribution in [0.2, 0.25) is 5.02 Å². The molecule has 96 valence electrons. The molecular formula is C12H18ClNO2S. The Morgan fingerprint density at radius 2 is 1.76 bits per heavy atom.